The van der Waals surface area contributed by atoms with E-state index in [1.165, 1.54) is 0 Å². The SMILES string of the molecule is C[C@@H](NC(=O)c1ccc2cc[nH]c2c1)c1ccccn1. The van der Waals surface area contributed by atoms with E-state index in [0.29, 0.717) is 5.56 Å². The van der Waals surface area contributed by atoms with E-state index in [0.717, 1.165) is 16.6 Å². The number of hydrogen-bond donors (Lipinski definition) is 2. The van der Waals surface area contributed by atoms with Gasteiger partial charge in [-0.1, -0.05) is 12.1 Å². The number of nitrogens with one attached hydrogen (secondary N) is 2. The number of rotatable bonds is 3. The van der Waals surface area contributed by atoms with Crippen LogP contribution >= 0.6 is 0 Å². The van der Waals surface area contributed by atoms with Crippen LogP contribution in [0, 0.1) is 0 Å². The second-order valence-corrected chi connectivity index (χ2v) is 4.73. The predicted molar refractivity (Wildman–Crippen MR) is 78.4 cm³/mol. The minimum absolute atomic E-state index is 0.0975. The van der Waals surface area contributed by atoms with Crippen molar-refractivity contribution in [2.75, 3.05) is 0 Å². The second-order valence-electron chi connectivity index (χ2n) is 4.73. The van der Waals surface area contributed by atoms with Gasteiger partial charge in [-0.05, 0) is 42.6 Å². The summed E-state index contributed by atoms with van der Waals surface area (Å²) in [6, 6.07) is 13.2. The number of carbonyl (C=O) groups is 1. The molecule has 2 N–H and O–H groups in total. The van der Waals surface area contributed by atoms with Crippen molar-refractivity contribution < 1.29 is 4.79 Å². The molecule has 0 bridgehead atoms. The fourth-order valence-electron chi connectivity index (χ4n) is 2.18. The first-order chi connectivity index (χ1) is 9.74. The van der Waals surface area contributed by atoms with E-state index < -0.39 is 0 Å². The maximum Gasteiger partial charge on any atom is 0.251 e. The van der Waals surface area contributed by atoms with E-state index >= 15 is 0 Å². The highest BCUT2D eigenvalue weighted by Gasteiger charge is 2.12. The Kier molecular flexibility index (Phi) is 3.21. The van der Waals surface area contributed by atoms with Crippen LogP contribution in [-0.4, -0.2) is 15.9 Å². The molecule has 1 atom stereocenters. The lowest BCUT2D eigenvalue weighted by atomic mass is 10.1. The molecule has 3 aromatic rings. The lowest BCUT2D eigenvalue weighted by molar-refractivity contribution is 0.0939. The minimum Gasteiger partial charge on any atom is -0.361 e. The third-order valence-corrected chi connectivity index (χ3v) is 3.30. The summed E-state index contributed by atoms with van der Waals surface area (Å²) in [4.78, 5) is 19.6. The molecule has 4 heteroatoms. The molecule has 1 amide bonds. The fraction of sp³-hybridized carbons (Fsp3) is 0.125. The summed E-state index contributed by atoms with van der Waals surface area (Å²) in [5, 5.41) is 4.05. The van der Waals surface area contributed by atoms with Gasteiger partial charge >= 0.3 is 0 Å². The number of hydrogen-bond acceptors (Lipinski definition) is 2. The molecule has 1 aromatic carbocycles. The third kappa shape index (κ3) is 2.40. The van der Waals surface area contributed by atoms with E-state index in [-0.39, 0.29) is 11.9 Å². The zero-order valence-electron chi connectivity index (χ0n) is 11.1. The Morgan fingerprint density at radius 3 is 2.95 bits per heavy atom. The summed E-state index contributed by atoms with van der Waals surface area (Å²) in [5.74, 6) is -0.0975. The maximum absolute atomic E-state index is 12.2. The third-order valence-electron chi connectivity index (χ3n) is 3.30. The molecule has 0 fully saturated rings. The zero-order valence-corrected chi connectivity index (χ0v) is 11.1. The molecule has 0 aliphatic rings. The molecule has 0 saturated heterocycles. The number of carbonyl (C=O) groups excluding carboxylic acids is 1. The van der Waals surface area contributed by atoms with Crippen LogP contribution in [0.1, 0.15) is 29.0 Å². The molecule has 0 aliphatic carbocycles. The van der Waals surface area contributed by atoms with Crippen LogP contribution in [0.5, 0.6) is 0 Å². The van der Waals surface area contributed by atoms with Gasteiger partial charge in [-0.3, -0.25) is 9.78 Å². The van der Waals surface area contributed by atoms with Crippen LogP contribution in [0.3, 0.4) is 0 Å². The van der Waals surface area contributed by atoms with Crippen molar-refractivity contribution >= 4 is 16.8 Å². The van der Waals surface area contributed by atoms with Gasteiger partial charge < -0.3 is 10.3 Å². The number of aromatic amines is 1. The quantitative estimate of drug-likeness (QED) is 0.764. The summed E-state index contributed by atoms with van der Waals surface area (Å²) < 4.78 is 0. The first-order valence-electron chi connectivity index (χ1n) is 6.53. The van der Waals surface area contributed by atoms with Crippen molar-refractivity contribution in [3.05, 3.63) is 66.1 Å². The van der Waals surface area contributed by atoms with Crippen LogP contribution in [0.4, 0.5) is 0 Å². The smallest absolute Gasteiger partial charge is 0.251 e. The first-order valence-corrected chi connectivity index (χ1v) is 6.53. The Labute approximate surface area is 116 Å². The van der Waals surface area contributed by atoms with E-state index in [9.17, 15) is 4.79 Å². The molecule has 0 aliphatic heterocycles. The van der Waals surface area contributed by atoms with E-state index in [1.54, 1.807) is 6.20 Å². The number of aromatic nitrogens is 2. The van der Waals surface area contributed by atoms with Crippen molar-refractivity contribution in [1.82, 2.24) is 15.3 Å². The molecule has 0 unspecified atom stereocenters. The van der Waals surface area contributed by atoms with Crippen molar-refractivity contribution in [3.63, 3.8) is 0 Å². The largest absolute Gasteiger partial charge is 0.361 e. The Morgan fingerprint density at radius 1 is 1.25 bits per heavy atom. The highest BCUT2D eigenvalue weighted by atomic mass is 16.1. The summed E-state index contributed by atoms with van der Waals surface area (Å²) in [7, 11) is 0. The normalized spacial score (nSPS) is 12.2. The van der Waals surface area contributed by atoms with Gasteiger partial charge in [-0.15, -0.1) is 0 Å². The van der Waals surface area contributed by atoms with Crippen LogP contribution in [0.15, 0.2) is 54.9 Å². The molecular formula is C16H15N3O. The number of amides is 1. The average molecular weight is 265 g/mol. The van der Waals surface area contributed by atoms with Gasteiger partial charge in [-0.2, -0.15) is 0 Å². The van der Waals surface area contributed by atoms with E-state index in [2.05, 4.69) is 15.3 Å². The topological polar surface area (TPSA) is 57.8 Å². The van der Waals surface area contributed by atoms with Crippen molar-refractivity contribution in [1.29, 1.82) is 0 Å². The Bertz CT molecular complexity index is 734. The summed E-state index contributed by atoms with van der Waals surface area (Å²) in [6.45, 7) is 1.92. The Balaban J connectivity index is 1.78. The van der Waals surface area contributed by atoms with Crippen LogP contribution in [0.25, 0.3) is 10.9 Å². The molecule has 0 saturated carbocycles. The predicted octanol–water partition coefficient (Wildman–Crippen LogP) is 3.05. The second kappa shape index (κ2) is 5.17. The van der Waals surface area contributed by atoms with Gasteiger partial charge in [0, 0.05) is 23.5 Å². The Hall–Kier alpha value is -2.62. The summed E-state index contributed by atoms with van der Waals surface area (Å²) in [5.41, 5.74) is 2.45. The molecule has 4 nitrogen and oxygen atoms in total. The maximum atomic E-state index is 12.2. The van der Waals surface area contributed by atoms with Gasteiger partial charge in [0.05, 0.1) is 11.7 Å². The number of nitrogens with zero attached hydrogens (tertiary/aromatic N) is 1. The first kappa shape index (κ1) is 12.4. The summed E-state index contributed by atoms with van der Waals surface area (Å²) in [6.07, 6.45) is 3.59. The summed E-state index contributed by atoms with van der Waals surface area (Å²) >= 11 is 0. The number of benzene rings is 1. The van der Waals surface area contributed by atoms with Crippen LogP contribution < -0.4 is 5.32 Å². The van der Waals surface area contributed by atoms with Gasteiger partial charge in [0.25, 0.3) is 5.91 Å². The lowest BCUT2D eigenvalue weighted by Gasteiger charge is -2.13. The average Bonchev–Trinajstić information content (AvgIpc) is 2.95. The number of H-pyrrole nitrogens is 1. The van der Waals surface area contributed by atoms with Crippen molar-refractivity contribution in [2.24, 2.45) is 0 Å². The van der Waals surface area contributed by atoms with Crippen LogP contribution in [0.2, 0.25) is 0 Å². The van der Waals surface area contributed by atoms with Gasteiger partial charge in [0.15, 0.2) is 0 Å². The number of fused-ring (bicyclic) bond motifs is 1. The lowest BCUT2D eigenvalue weighted by Crippen LogP contribution is -2.27. The molecule has 3 rings (SSSR count). The molecule has 0 spiro atoms. The Morgan fingerprint density at radius 2 is 2.15 bits per heavy atom. The molecule has 2 aromatic heterocycles. The minimum atomic E-state index is -0.122. The standard InChI is InChI=1S/C16H15N3O/c1-11(14-4-2-3-8-17-14)19-16(20)13-6-5-12-7-9-18-15(12)10-13/h2-11,18H,1H3,(H,19,20)/t11-/m1/s1. The highest BCUT2D eigenvalue weighted by molar-refractivity contribution is 5.98. The van der Waals surface area contributed by atoms with Crippen LogP contribution in [-0.2, 0) is 0 Å². The van der Waals surface area contributed by atoms with E-state index in [1.807, 2.05) is 55.6 Å². The molecule has 20 heavy (non-hydrogen) atoms. The monoisotopic (exact) mass is 265 g/mol. The van der Waals surface area contributed by atoms with E-state index in [4.69, 9.17) is 0 Å². The molecular weight excluding hydrogens is 250 g/mol. The molecule has 0 radical (unpaired) electrons. The number of pyridine rings is 1. The fourth-order valence-corrected chi connectivity index (χ4v) is 2.18. The van der Waals surface area contributed by atoms with Gasteiger partial charge in [0.2, 0.25) is 0 Å². The van der Waals surface area contributed by atoms with Gasteiger partial charge in [0.1, 0.15) is 0 Å². The van der Waals surface area contributed by atoms with Gasteiger partial charge in [-0.25, -0.2) is 0 Å². The molecule has 100 valence electrons. The van der Waals surface area contributed by atoms with Crippen molar-refractivity contribution in [2.45, 2.75) is 13.0 Å². The highest BCUT2D eigenvalue weighted by Crippen LogP contribution is 2.15. The molecule has 2 heterocycles. The van der Waals surface area contributed by atoms with Crippen molar-refractivity contribution in [3.8, 4) is 0 Å². The zero-order chi connectivity index (χ0) is 13.9.